The highest BCUT2D eigenvalue weighted by atomic mass is 16.5. The maximum atomic E-state index is 12.0. The van der Waals surface area contributed by atoms with Gasteiger partial charge in [0, 0.05) is 45.0 Å². The molecular weight excluding hydrogens is 368 g/mol. The number of amides is 2. The van der Waals surface area contributed by atoms with Gasteiger partial charge in [0.05, 0.1) is 12.8 Å². The van der Waals surface area contributed by atoms with Gasteiger partial charge >= 0.3 is 11.8 Å². The number of nitrogens with zero attached hydrogens (tertiary/aromatic N) is 2. The summed E-state index contributed by atoms with van der Waals surface area (Å²) in [7, 11) is 1.69. The zero-order valence-corrected chi connectivity index (χ0v) is 17.0. The van der Waals surface area contributed by atoms with Crippen LogP contribution < -0.4 is 20.3 Å². The van der Waals surface area contributed by atoms with Crippen molar-refractivity contribution in [3.63, 3.8) is 0 Å². The van der Waals surface area contributed by atoms with Crippen LogP contribution in [0.25, 0.3) is 0 Å². The molecule has 1 aliphatic heterocycles. The highest BCUT2D eigenvalue weighted by Crippen LogP contribution is 2.28. The summed E-state index contributed by atoms with van der Waals surface area (Å²) in [5.74, 6) is -0.374. The number of para-hydroxylation sites is 2. The van der Waals surface area contributed by atoms with Crippen LogP contribution in [0.4, 0.5) is 11.4 Å². The van der Waals surface area contributed by atoms with Gasteiger partial charge in [-0.3, -0.25) is 14.5 Å². The molecule has 0 atom stereocenters. The highest BCUT2D eigenvalue weighted by molar-refractivity contribution is 6.39. The van der Waals surface area contributed by atoms with Crippen molar-refractivity contribution in [2.75, 3.05) is 56.6 Å². The standard InChI is InChI=1S/C22H28N4O3/c1-17-7-9-18(10-8-17)24-22(28)21(27)23-11-12-25-13-15-26(16-14-25)19-5-3-4-6-20(19)29-2/h3-10H,11-16H2,1-2H3,(H,23,27)(H,24,28). The number of rotatable bonds is 6. The molecule has 2 amide bonds. The van der Waals surface area contributed by atoms with Crippen molar-refractivity contribution in [1.82, 2.24) is 10.2 Å². The van der Waals surface area contributed by atoms with Crippen molar-refractivity contribution in [3.8, 4) is 5.75 Å². The predicted molar refractivity (Wildman–Crippen MR) is 114 cm³/mol. The quantitative estimate of drug-likeness (QED) is 0.730. The van der Waals surface area contributed by atoms with Crippen molar-refractivity contribution >= 4 is 23.2 Å². The second-order valence-corrected chi connectivity index (χ2v) is 7.08. The molecule has 29 heavy (non-hydrogen) atoms. The summed E-state index contributed by atoms with van der Waals surface area (Å²) in [4.78, 5) is 28.6. The SMILES string of the molecule is COc1ccccc1N1CCN(CCNC(=O)C(=O)Nc2ccc(C)cc2)CC1. The maximum Gasteiger partial charge on any atom is 0.313 e. The van der Waals surface area contributed by atoms with Gasteiger partial charge in [0.15, 0.2) is 0 Å². The summed E-state index contributed by atoms with van der Waals surface area (Å²) in [6, 6.07) is 15.4. The number of carbonyl (C=O) groups is 2. The zero-order valence-electron chi connectivity index (χ0n) is 17.0. The van der Waals surface area contributed by atoms with Crippen molar-refractivity contribution < 1.29 is 14.3 Å². The van der Waals surface area contributed by atoms with Gasteiger partial charge in [0.1, 0.15) is 5.75 Å². The van der Waals surface area contributed by atoms with Crippen molar-refractivity contribution in [3.05, 3.63) is 54.1 Å². The first-order valence-corrected chi connectivity index (χ1v) is 9.83. The molecule has 0 spiro atoms. The number of hydrogen-bond donors (Lipinski definition) is 2. The lowest BCUT2D eigenvalue weighted by Crippen LogP contribution is -2.49. The minimum Gasteiger partial charge on any atom is -0.495 e. The number of hydrogen-bond acceptors (Lipinski definition) is 5. The lowest BCUT2D eigenvalue weighted by atomic mass is 10.2. The molecule has 1 aliphatic rings. The van der Waals surface area contributed by atoms with E-state index in [0.29, 0.717) is 18.8 Å². The fraction of sp³-hybridized carbons (Fsp3) is 0.364. The third kappa shape index (κ3) is 5.71. The van der Waals surface area contributed by atoms with E-state index in [1.807, 2.05) is 37.3 Å². The normalized spacial score (nSPS) is 14.3. The van der Waals surface area contributed by atoms with Gasteiger partial charge in [-0.05, 0) is 31.2 Å². The van der Waals surface area contributed by atoms with E-state index < -0.39 is 11.8 Å². The molecule has 1 fully saturated rings. The Morgan fingerprint density at radius 1 is 0.966 bits per heavy atom. The Morgan fingerprint density at radius 3 is 2.34 bits per heavy atom. The third-order valence-electron chi connectivity index (χ3n) is 5.03. The van der Waals surface area contributed by atoms with Gasteiger partial charge in [-0.1, -0.05) is 29.8 Å². The van der Waals surface area contributed by atoms with E-state index >= 15 is 0 Å². The van der Waals surface area contributed by atoms with E-state index in [2.05, 4.69) is 26.5 Å². The molecule has 0 aromatic heterocycles. The molecule has 0 radical (unpaired) electrons. The van der Waals surface area contributed by atoms with Gasteiger partial charge in [-0.2, -0.15) is 0 Å². The number of carbonyl (C=O) groups excluding carboxylic acids is 2. The molecule has 7 heteroatoms. The van der Waals surface area contributed by atoms with E-state index in [4.69, 9.17) is 4.74 Å². The average Bonchev–Trinajstić information content (AvgIpc) is 2.75. The Bertz CT molecular complexity index is 830. The molecule has 0 saturated carbocycles. The minimum absolute atomic E-state index is 0.439. The fourth-order valence-electron chi connectivity index (χ4n) is 3.34. The van der Waals surface area contributed by atoms with Crippen LogP contribution in [0.15, 0.2) is 48.5 Å². The summed E-state index contributed by atoms with van der Waals surface area (Å²) in [6.45, 7) is 6.68. The fourth-order valence-corrected chi connectivity index (χ4v) is 3.34. The van der Waals surface area contributed by atoms with E-state index in [1.54, 1.807) is 19.2 Å². The molecule has 2 aromatic rings. The monoisotopic (exact) mass is 396 g/mol. The summed E-state index contributed by atoms with van der Waals surface area (Å²) < 4.78 is 5.45. The van der Waals surface area contributed by atoms with Crippen LogP contribution in [-0.2, 0) is 9.59 Å². The first kappa shape index (κ1) is 20.7. The second kappa shape index (κ2) is 9.93. The Kier molecular flexibility index (Phi) is 7.08. The minimum atomic E-state index is -0.644. The first-order valence-electron chi connectivity index (χ1n) is 9.83. The second-order valence-electron chi connectivity index (χ2n) is 7.08. The molecule has 2 aromatic carbocycles. The zero-order chi connectivity index (χ0) is 20.6. The van der Waals surface area contributed by atoms with Gasteiger partial charge in [0.25, 0.3) is 0 Å². The summed E-state index contributed by atoms with van der Waals surface area (Å²) in [6.07, 6.45) is 0. The van der Waals surface area contributed by atoms with Crippen molar-refractivity contribution in [2.24, 2.45) is 0 Å². The number of aryl methyl sites for hydroxylation is 1. The van der Waals surface area contributed by atoms with Crippen molar-refractivity contribution in [1.29, 1.82) is 0 Å². The van der Waals surface area contributed by atoms with Crippen LogP contribution in [0.3, 0.4) is 0 Å². The molecule has 0 unspecified atom stereocenters. The highest BCUT2D eigenvalue weighted by Gasteiger charge is 2.20. The van der Waals surface area contributed by atoms with Gasteiger partial charge < -0.3 is 20.3 Å². The van der Waals surface area contributed by atoms with Crippen LogP contribution >= 0.6 is 0 Å². The third-order valence-corrected chi connectivity index (χ3v) is 5.03. The Hall–Kier alpha value is -3.06. The van der Waals surface area contributed by atoms with Crippen molar-refractivity contribution in [2.45, 2.75) is 6.92 Å². The summed E-state index contributed by atoms with van der Waals surface area (Å²) >= 11 is 0. The van der Waals surface area contributed by atoms with Gasteiger partial charge in [-0.25, -0.2) is 0 Å². The van der Waals surface area contributed by atoms with E-state index in [0.717, 1.165) is 43.2 Å². The molecule has 154 valence electrons. The molecule has 1 heterocycles. The Labute approximate surface area is 171 Å². The molecule has 3 rings (SSSR count). The smallest absolute Gasteiger partial charge is 0.313 e. The van der Waals surface area contributed by atoms with Crippen LogP contribution in [0.5, 0.6) is 5.75 Å². The van der Waals surface area contributed by atoms with E-state index in [1.165, 1.54) is 0 Å². The van der Waals surface area contributed by atoms with Crippen LogP contribution in [0.2, 0.25) is 0 Å². The average molecular weight is 396 g/mol. The molecule has 0 aliphatic carbocycles. The van der Waals surface area contributed by atoms with Gasteiger partial charge in [-0.15, -0.1) is 0 Å². The topological polar surface area (TPSA) is 73.9 Å². The predicted octanol–water partition coefficient (Wildman–Crippen LogP) is 1.88. The van der Waals surface area contributed by atoms with Crippen LogP contribution in [-0.4, -0.2) is 63.1 Å². The number of piperazine rings is 1. The van der Waals surface area contributed by atoms with E-state index in [-0.39, 0.29) is 0 Å². The number of ether oxygens (including phenoxy) is 1. The summed E-state index contributed by atoms with van der Waals surface area (Å²) in [5, 5.41) is 5.31. The molecule has 2 N–H and O–H groups in total. The lowest BCUT2D eigenvalue weighted by molar-refractivity contribution is -0.136. The van der Waals surface area contributed by atoms with Crippen LogP contribution in [0, 0.1) is 6.92 Å². The van der Waals surface area contributed by atoms with E-state index in [9.17, 15) is 9.59 Å². The first-order chi connectivity index (χ1) is 14.1. The number of methoxy groups -OCH3 is 1. The number of benzene rings is 2. The summed E-state index contributed by atoms with van der Waals surface area (Å²) in [5.41, 5.74) is 2.82. The molecular formula is C22H28N4O3. The Balaban J connectivity index is 1.38. The largest absolute Gasteiger partial charge is 0.495 e. The molecule has 7 nitrogen and oxygen atoms in total. The van der Waals surface area contributed by atoms with Gasteiger partial charge in [0.2, 0.25) is 0 Å². The maximum absolute atomic E-state index is 12.0. The lowest BCUT2D eigenvalue weighted by Gasteiger charge is -2.36. The van der Waals surface area contributed by atoms with Crippen LogP contribution in [0.1, 0.15) is 5.56 Å². The number of anilines is 2. The number of nitrogens with one attached hydrogen (secondary N) is 2. The molecule has 0 bridgehead atoms. The Morgan fingerprint density at radius 2 is 1.66 bits per heavy atom. The molecule has 1 saturated heterocycles.